The number of hydrogen-bond acceptors (Lipinski definition) is 3. The summed E-state index contributed by atoms with van der Waals surface area (Å²) in [5, 5.41) is 12.0. The topological polar surface area (TPSA) is 50.2 Å². The SMILES string of the molecule is CCc1ccc2nc(-c3csc(Cl)c3)cc(C(=O)O)c2c1. The summed E-state index contributed by atoms with van der Waals surface area (Å²) in [5.74, 6) is -0.946. The standard InChI is InChI=1S/C16H12ClNO2S/c1-2-9-3-4-13-11(5-9)12(16(19)20)7-14(18-13)10-6-15(17)21-8-10/h3-8H,2H2,1H3,(H,19,20). The molecule has 0 atom stereocenters. The molecular formula is C16H12ClNO2S. The molecule has 3 rings (SSSR count). The van der Waals surface area contributed by atoms with Crippen LogP contribution in [0.25, 0.3) is 22.2 Å². The van der Waals surface area contributed by atoms with Gasteiger partial charge in [-0.25, -0.2) is 9.78 Å². The van der Waals surface area contributed by atoms with Crippen LogP contribution in [0.2, 0.25) is 4.34 Å². The Balaban J connectivity index is 2.28. The highest BCUT2D eigenvalue weighted by molar-refractivity contribution is 7.14. The molecule has 0 aliphatic carbocycles. The summed E-state index contributed by atoms with van der Waals surface area (Å²) in [5.41, 5.74) is 3.52. The molecule has 0 amide bonds. The Hall–Kier alpha value is -1.91. The highest BCUT2D eigenvalue weighted by atomic mass is 35.5. The van der Waals surface area contributed by atoms with Gasteiger partial charge in [-0.05, 0) is 36.2 Å². The van der Waals surface area contributed by atoms with E-state index in [-0.39, 0.29) is 5.56 Å². The van der Waals surface area contributed by atoms with Crippen LogP contribution in [-0.2, 0) is 6.42 Å². The Morgan fingerprint density at radius 3 is 2.76 bits per heavy atom. The van der Waals surface area contributed by atoms with Crippen LogP contribution in [0, 0.1) is 0 Å². The molecule has 3 aromatic rings. The Morgan fingerprint density at radius 1 is 1.33 bits per heavy atom. The molecule has 2 heterocycles. The number of aromatic carboxylic acids is 1. The first kappa shape index (κ1) is 14.0. The lowest BCUT2D eigenvalue weighted by atomic mass is 10.0. The molecule has 0 radical (unpaired) electrons. The number of nitrogens with zero attached hydrogens (tertiary/aromatic N) is 1. The van der Waals surface area contributed by atoms with E-state index in [1.54, 1.807) is 12.1 Å². The lowest BCUT2D eigenvalue weighted by Gasteiger charge is -2.07. The molecule has 0 saturated heterocycles. The molecule has 0 aliphatic rings. The van der Waals surface area contributed by atoms with Gasteiger partial charge in [0.15, 0.2) is 0 Å². The fourth-order valence-electron chi connectivity index (χ4n) is 2.26. The molecule has 0 fully saturated rings. The second-order valence-electron chi connectivity index (χ2n) is 4.70. The third-order valence-electron chi connectivity index (χ3n) is 3.37. The average molecular weight is 318 g/mol. The summed E-state index contributed by atoms with van der Waals surface area (Å²) in [6, 6.07) is 9.16. The number of rotatable bonds is 3. The second kappa shape index (κ2) is 5.47. The Labute approximate surface area is 130 Å². The van der Waals surface area contributed by atoms with Crippen LogP contribution in [0.5, 0.6) is 0 Å². The lowest BCUT2D eigenvalue weighted by molar-refractivity contribution is 0.0699. The minimum Gasteiger partial charge on any atom is -0.478 e. The van der Waals surface area contributed by atoms with Gasteiger partial charge in [0.25, 0.3) is 0 Å². The van der Waals surface area contributed by atoms with Crippen molar-refractivity contribution in [2.45, 2.75) is 13.3 Å². The van der Waals surface area contributed by atoms with Gasteiger partial charge in [0.05, 0.1) is 21.1 Å². The van der Waals surface area contributed by atoms with Gasteiger partial charge in [0.2, 0.25) is 0 Å². The van der Waals surface area contributed by atoms with Crippen molar-refractivity contribution < 1.29 is 9.90 Å². The maximum Gasteiger partial charge on any atom is 0.336 e. The van der Waals surface area contributed by atoms with E-state index in [4.69, 9.17) is 11.6 Å². The molecule has 0 spiro atoms. The minimum atomic E-state index is -0.946. The van der Waals surface area contributed by atoms with E-state index < -0.39 is 5.97 Å². The Morgan fingerprint density at radius 2 is 2.14 bits per heavy atom. The van der Waals surface area contributed by atoms with Gasteiger partial charge >= 0.3 is 5.97 Å². The molecular weight excluding hydrogens is 306 g/mol. The molecule has 0 aliphatic heterocycles. The molecule has 5 heteroatoms. The predicted octanol–water partition coefficient (Wildman–Crippen LogP) is 4.88. The molecule has 1 aromatic carbocycles. The lowest BCUT2D eigenvalue weighted by Crippen LogP contribution is -2.00. The Bertz CT molecular complexity index is 841. The number of fused-ring (bicyclic) bond motifs is 1. The summed E-state index contributed by atoms with van der Waals surface area (Å²) >= 11 is 7.35. The summed E-state index contributed by atoms with van der Waals surface area (Å²) in [6.07, 6.45) is 0.858. The molecule has 1 N–H and O–H groups in total. The van der Waals surface area contributed by atoms with E-state index in [0.29, 0.717) is 20.9 Å². The van der Waals surface area contributed by atoms with Gasteiger partial charge in [-0.3, -0.25) is 0 Å². The summed E-state index contributed by atoms with van der Waals surface area (Å²) in [7, 11) is 0. The van der Waals surface area contributed by atoms with Crippen LogP contribution in [-0.4, -0.2) is 16.1 Å². The maximum atomic E-state index is 11.6. The molecule has 106 valence electrons. The molecule has 2 aromatic heterocycles. The summed E-state index contributed by atoms with van der Waals surface area (Å²) in [4.78, 5) is 16.1. The van der Waals surface area contributed by atoms with Crippen LogP contribution in [0.15, 0.2) is 35.7 Å². The second-order valence-corrected chi connectivity index (χ2v) is 6.25. The third kappa shape index (κ3) is 2.64. The summed E-state index contributed by atoms with van der Waals surface area (Å²) < 4.78 is 0.658. The number of aromatic nitrogens is 1. The number of benzene rings is 1. The molecule has 0 unspecified atom stereocenters. The number of aryl methyl sites for hydroxylation is 1. The zero-order valence-corrected chi connectivity index (χ0v) is 12.8. The highest BCUT2D eigenvalue weighted by Crippen LogP contribution is 2.30. The first-order valence-electron chi connectivity index (χ1n) is 6.50. The van der Waals surface area contributed by atoms with Gasteiger partial charge in [-0.1, -0.05) is 24.6 Å². The van der Waals surface area contributed by atoms with Crippen LogP contribution in [0.1, 0.15) is 22.8 Å². The van der Waals surface area contributed by atoms with E-state index in [1.807, 2.05) is 30.5 Å². The van der Waals surface area contributed by atoms with E-state index >= 15 is 0 Å². The maximum absolute atomic E-state index is 11.6. The van der Waals surface area contributed by atoms with E-state index in [1.165, 1.54) is 11.3 Å². The number of thiophene rings is 1. The largest absolute Gasteiger partial charge is 0.478 e. The van der Waals surface area contributed by atoms with E-state index in [0.717, 1.165) is 17.5 Å². The number of pyridine rings is 1. The van der Waals surface area contributed by atoms with Gasteiger partial charge in [-0.15, -0.1) is 11.3 Å². The van der Waals surface area contributed by atoms with Crippen molar-refractivity contribution in [1.29, 1.82) is 0 Å². The van der Waals surface area contributed by atoms with Crippen molar-refractivity contribution in [1.82, 2.24) is 4.98 Å². The van der Waals surface area contributed by atoms with Crippen molar-refractivity contribution in [2.75, 3.05) is 0 Å². The number of carbonyl (C=O) groups is 1. The fraction of sp³-hybridized carbons (Fsp3) is 0.125. The zero-order valence-electron chi connectivity index (χ0n) is 11.3. The molecule has 0 bridgehead atoms. The third-order valence-corrected chi connectivity index (χ3v) is 4.47. The van der Waals surface area contributed by atoms with Crippen molar-refractivity contribution in [2.24, 2.45) is 0 Å². The quantitative estimate of drug-likeness (QED) is 0.749. The van der Waals surface area contributed by atoms with Crippen LogP contribution < -0.4 is 0 Å². The summed E-state index contributed by atoms with van der Waals surface area (Å²) in [6.45, 7) is 2.04. The van der Waals surface area contributed by atoms with E-state index in [9.17, 15) is 9.90 Å². The average Bonchev–Trinajstić information content (AvgIpc) is 2.92. The van der Waals surface area contributed by atoms with Gasteiger partial charge in [0.1, 0.15) is 0 Å². The number of carboxylic acid groups (broad SMARTS) is 1. The van der Waals surface area contributed by atoms with Crippen LogP contribution in [0.4, 0.5) is 0 Å². The molecule has 21 heavy (non-hydrogen) atoms. The van der Waals surface area contributed by atoms with Crippen molar-refractivity contribution in [3.05, 3.63) is 51.2 Å². The van der Waals surface area contributed by atoms with Gasteiger partial charge < -0.3 is 5.11 Å². The monoisotopic (exact) mass is 317 g/mol. The predicted molar refractivity (Wildman–Crippen MR) is 86.4 cm³/mol. The molecule has 3 nitrogen and oxygen atoms in total. The minimum absolute atomic E-state index is 0.271. The zero-order chi connectivity index (χ0) is 15.0. The Kier molecular flexibility index (Phi) is 3.66. The van der Waals surface area contributed by atoms with Crippen LogP contribution >= 0.6 is 22.9 Å². The first-order valence-corrected chi connectivity index (χ1v) is 7.75. The normalized spacial score (nSPS) is 11.0. The highest BCUT2D eigenvalue weighted by Gasteiger charge is 2.14. The smallest absolute Gasteiger partial charge is 0.336 e. The van der Waals surface area contributed by atoms with Crippen LogP contribution in [0.3, 0.4) is 0 Å². The van der Waals surface area contributed by atoms with Crippen molar-refractivity contribution in [3.8, 4) is 11.3 Å². The number of hydrogen-bond donors (Lipinski definition) is 1. The molecule has 0 saturated carbocycles. The van der Waals surface area contributed by atoms with Gasteiger partial charge in [0, 0.05) is 16.3 Å². The number of halogens is 1. The van der Waals surface area contributed by atoms with E-state index in [2.05, 4.69) is 4.98 Å². The van der Waals surface area contributed by atoms with Crippen molar-refractivity contribution >= 4 is 39.8 Å². The fourth-order valence-corrected chi connectivity index (χ4v) is 3.14. The van der Waals surface area contributed by atoms with Gasteiger partial charge in [-0.2, -0.15) is 0 Å². The first-order chi connectivity index (χ1) is 10.1. The van der Waals surface area contributed by atoms with Crippen molar-refractivity contribution in [3.63, 3.8) is 0 Å². The number of carboxylic acids is 1.